The number of aromatic carboxylic acids is 1. The number of nitro benzene ring substituents is 1. The Morgan fingerprint density at radius 2 is 2.00 bits per heavy atom. The van der Waals surface area contributed by atoms with Gasteiger partial charge in [-0.1, -0.05) is 26.8 Å². The van der Waals surface area contributed by atoms with Crippen LogP contribution in [0.3, 0.4) is 0 Å². The largest absolute Gasteiger partial charge is 0.478 e. The lowest BCUT2D eigenvalue weighted by atomic mass is 10.2. The first-order chi connectivity index (χ1) is 7.72. The number of nitrogens with zero attached hydrogens (tertiary/aromatic N) is 1. The van der Waals surface area contributed by atoms with Crippen LogP contribution in [0.2, 0.25) is 0 Å². The van der Waals surface area contributed by atoms with E-state index in [2.05, 4.69) is 0 Å². The lowest BCUT2D eigenvalue weighted by Gasteiger charge is -2.18. The minimum atomic E-state index is -1.15. The molecule has 1 aromatic carbocycles. The molecule has 0 saturated carbocycles. The maximum atomic E-state index is 11.0. The second-order valence-electron chi connectivity index (χ2n) is 4.43. The van der Waals surface area contributed by atoms with Crippen LogP contribution in [0.15, 0.2) is 23.1 Å². The van der Waals surface area contributed by atoms with Gasteiger partial charge in [-0.25, -0.2) is 4.79 Å². The van der Waals surface area contributed by atoms with Gasteiger partial charge in [0.25, 0.3) is 5.69 Å². The highest BCUT2D eigenvalue weighted by molar-refractivity contribution is 8.00. The fourth-order valence-corrected chi connectivity index (χ4v) is 2.38. The molecule has 0 aliphatic carbocycles. The molecular weight excluding hydrogens is 242 g/mol. The van der Waals surface area contributed by atoms with E-state index in [-0.39, 0.29) is 20.9 Å². The van der Waals surface area contributed by atoms with Crippen LogP contribution in [-0.2, 0) is 0 Å². The van der Waals surface area contributed by atoms with Crippen LogP contribution in [0.25, 0.3) is 0 Å². The summed E-state index contributed by atoms with van der Waals surface area (Å²) in [5, 5.41) is 19.9. The second kappa shape index (κ2) is 4.75. The molecule has 1 rings (SSSR count). The number of hydrogen-bond acceptors (Lipinski definition) is 4. The molecule has 0 radical (unpaired) electrons. The molecule has 5 nitrogen and oxygen atoms in total. The van der Waals surface area contributed by atoms with Gasteiger partial charge in [0.15, 0.2) is 0 Å². The number of thioether (sulfide) groups is 1. The summed E-state index contributed by atoms with van der Waals surface area (Å²) in [5.41, 5.74) is -0.191. The Labute approximate surface area is 103 Å². The summed E-state index contributed by atoms with van der Waals surface area (Å²) >= 11 is 1.19. The van der Waals surface area contributed by atoms with E-state index in [4.69, 9.17) is 5.11 Å². The Morgan fingerprint density at radius 3 is 2.41 bits per heavy atom. The Bertz CT molecular complexity index is 433. The third kappa shape index (κ3) is 3.45. The SMILES string of the molecule is CC(C)(C)Sc1c(C(=O)O)cccc1[N+](=O)[O-]. The van der Waals surface area contributed by atoms with E-state index in [1.165, 1.54) is 30.0 Å². The second-order valence-corrected chi connectivity index (χ2v) is 6.27. The van der Waals surface area contributed by atoms with E-state index in [0.29, 0.717) is 0 Å². The summed E-state index contributed by atoms with van der Waals surface area (Å²) in [6.45, 7) is 5.63. The van der Waals surface area contributed by atoms with Gasteiger partial charge in [-0.05, 0) is 6.07 Å². The molecule has 1 aromatic rings. The standard InChI is InChI=1S/C11H13NO4S/c1-11(2,3)17-9-7(10(13)14)5-4-6-8(9)12(15)16/h4-6H,1-3H3,(H,13,14). The maximum absolute atomic E-state index is 11.0. The molecule has 0 bridgehead atoms. The molecule has 0 unspecified atom stereocenters. The predicted molar refractivity (Wildman–Crippen MR) is 65.7 cm³/mol. The first-order valence-corrected chi connectivity index (χ1v) is 5.74. The summed E-state index contributed by atoms with van der Waals surface area (Å²) in [6.07, 6.45) is 0. The summed E-state index contributed by atoms with van der Waals surface area (Å²) in [6, 6.07) is 4.08. The fraction of sp³-hybridized carbons (Fsp3) is 0.364. The van der Waals surface area contributed by atoms with Gasteiger partial charge in [-0.2, -0.15) is 0 Å². The van der Waals surface area contributed by atoms with Gasteiger partial charge in [0, 0.05) is 10.8 Å². The number of carboxylic acid groups (broad SMARTS) is 1. The predicted octanol–water partition coefficient (Wildman–Crippen LogP) is 3.18. The van der Waals surface area contributed by atoms with E-state index in [0.717, 1.165) is 0 Å². The number of hydrogen-bond donors (Lipinski definition) is 1. The normalized spacial score (nSPS) is 11.2. The Balaban J connectivity index is 3.39. The topological polar surface area (TPSA) is 80.4 Å². The number of nitro groups is 1. The lowest BCUT2D eigenvalue weighted by molar-refractivity contribution is -0.387. The van der Waals surface area contributed by atoms with E-state index in [1.54, 1.807) is 0 Å². The van der Waals surface area contributed by atoms with Crippen LogP contribution in [-0.4, -0.2) is 20.7 Å². The Morgan fingerprint density at radius 1 is 1.41 bits per heavy atom. The lowest BCUT2D eigenvalue weighted by Crippen LogP contribution is -2.10. The van der Waals surface area contributed by atoms with Crippen molar-refractivity contribution in [3.63, 3.8) is 0 Å². The zero-order valence-corrected chi connectivity index (χ0v) is 10.6. The Kier molecular flexibility index (Phi) is 3.77. The van der Waals surface area contributed by atoms with Crippen LogP contribution in [0.5, 0.6) is 0 Å². The molecule has 1 N–H and O–H groups in total. The summed E-state index contributed by atoms with van der Waals surface area (Å²) in [5.74, 6) is -1.15. The van der Waals surface area contributed by atoms with Crippen LogP contribution in [0, 0.1) is 10.1 Å². The zero-order valence-electron chi connectivity index (χ0n) is 9.76. The molecule has 0 aromatic heterocycles. The molecule has 0 aliphatic rings. The molecule has 92 valence electrons. The molecule has 0 atom stereocenters. The van der Waals surface area contributed by atoms with Gasteiger partial charge in [-0.15, -0.1) is 11.8 Å². The first kappa shape index (κ1) is 13.5. The maximum Gasteiger partial charge on any atom is 0.337 e. The van der Waals surface area contributed by atoms with E-state index < -0.39 is 10.9 Å². The molecule has 17 heavy (non-hydrogen) atoms. The average molecular weight is 255 g/mol. The highest BCUT2D eigenvalue weighted by atomic mass is 32.2. The van der Waals surface area contributed by atoms with Crippen molar-refractivity contribution in [1.82, 2.24) is 0 Å². The molecule has 0 heterocycles. The quantitative estimate of drug-likeness (QED) is 0.509. The van der Waals surface area contributed by atoms with Crippen molar-refractivity contribution in [2.24, 2.45) is 0 Å². The van der Waals surface area contributed by atoms with Gasteiger partial charge >= 0.3 is 5.97 Å². The molecule has 6 heteroatoms. The zero-order chi connectivity index (χ0) is 13.2. The fourth-order valence-electron chi connectivity index (χ4n) is 1.25. The highest BCUT2D eigenvalue weighted by Gasteiger charge is 2.26. The van der Waals surface area contributed by atoms with E-state index in [9.17, 15) is 14.9 Å². The summed E-state index contributed by atoms with van der Waals surface area (Å²) in [7, 11) is 0. The first-order valence-electron chi connectivity index (χ1n) is 4.92. The number of carbonyl (C=O) groups is 1. The molecule has 0 fully saturated rings. The van der Waals surface area contributed by atoms with Gasteiger partial charge < -0.3 is 5.11 Å². The third-order valence-electron chi connectivity index (χ3n) is 1.83. The van der Waals surface area contributed by atoms with E-state index >= 15 is 0 Å². The minimum absolute atomic E-state index is 0.0286. The van der Waals surface area contributed by atoms with Crippen LogP contribution < -0.4 is 0 Å². The molecule has 0 aliphatic heterocycles. The number of benzene rings is 1. The highest BCUT2D eigenvalue weighted by Crippen LogP contribution is 2.39. The number of carboxylic acids is 1. The van der Waals surface area contributed by atoms with Crippen LogP contribution in [0.4, 0.5) is 5.69 Å². The molecule has 0 spiro atoms. The smallest absolute Gasteiger partial charge is 0.337 e. The van der Waals surface area contributed by atoms with Crippen molar-refractivity contribution >= 4 is 23.4 Å². The minimum Gasteiger partial charge on any atom is -0.478 e. The van der Waals surface area contributed by atoms with Gasteiger partial charge in [0.2, 0.25) is 0 Å². The van der Waals surface area contributed by atoms with Crippen molar-refractivity contribution in [1.29, 1.82) is 0 Å². The van der Waals surface area contributed by atoms with Crippen molar-refractivity contribution < 1.29 is 14.8 Å². The van der Waals surface area contributed by atoms with E-state index in [1.807, 2.05) is 20.8 Å². The molecule has 0 saturated heterocycles. The van der Waals surface area contributed by atoms with Crippen molar-refractivity contribution in [3.8, 4) is 0 Å². The van der Waals surface area contributed by atoms with Crippen molar-refractivity contribution in [2.45, 2.75) is 30.4 Å². The Hall–Kier alpha value is -1.56. The van der Waals surface area contributed by atoms with Crippen LogP contribution in [0.1, 0.15) is 31.1 Å². The summed E-state index contributed by atoms with van der Waals surface area (Å²) < 4.78 is -0.295. The van der Waals surface area contributed by atoms with Crippen molar-refractivity contribution in [2.75, 3.05) is 0 Å². The van der Waals surface area contributed by atoms with Crippen molar-refractivity contribution in [3.05, 3.63) is 33.9 Å². The van der Waals surface area contributed by atoms with Gasteiger partial charge in [-0.3, -0.25) is 10.1 Å². The average Bonchev–Trinajstić information content (AvgIpc) is 2.14. The molecule has 0 amide bonds. The monoisotopic (exact) mass is 255 g/mol. The summed E-state index contributed by atoms with van der Waals surface area (Å²) in [4.78, 5) is 21.6. The van der Waals surface area contributed by atoms with Gasteiger partial charge in [0.1, 0.15) is 4.90 Å². The molecular formula is C11H13NO4S. The number of rotatable bonds is 3. The van der Waals surface area contributed by atoms with Crippen LogP contribution >= 0.6 is 11.8 Å². The van der Waals surface area contributed by atoms with Gasteiger partial charge in [0.05, 0.1) is 10.5 Å². The third-order valence-corrected chi connectivity index (χ3v) is 3.08.